The van der Waals surface area contributed by atoms with Gasteiger partial charge in [-0.15, -0.1) is 0 Å². The second-order valence-corrected chi connectivity index (χ2v) is 7.58. The minimum atomic E-state index is 0.224. The average Bonchev–Trinajstić information content (AvgIpc) is 2.44. The summed E-state index contributed by atoms with van der Waals surface area (Å²) in [6.45, 7) is 7.85. The standard InChI is InChI=1S/C16H25ClN2S/c1-4-15(18)9-13-5-6-14(17)10-16(13)19-7-8-20-12(3)11(19)2/h5-6,10-12,15H,4,7-9,18H2,1-3H3. The van der Waals surface area contributed by atoms with E-state index in [4.69, 9.17) is 17.3 Å². The molecule has 1 saturated heterocycles. The number of nitrogens with zero attached hydrogens (tertiary/aromatic N) is 1. The van der Waals surface area contributed by atoms with Crippen molar-refractivity contribution in [3.63, 3.8) is 0 Å². The molecule has 1 aliphatic heterocycles. The SMILES string of the molecule is CCC(N)Cc1ccc(Cl)cc1N1CCSC(C)C1C. The van der Waals surface area contributed by atoms with Crippen LogP contribution in [0.4, 0.5) is 5.69 Å². The molecular weight excluding hydrogens is 288 g/mol. The van der Waals surface area contributed by atoms with E-state index in [-0.39, 0.29) is 6.04 Å². The van der Waals surface area contributed by atoms with Crippen LogP contribution in [0.2, 0.25) is 5.02 Å². The van der Waals surface area contributed by atoms with Crippen LogP contribution in [0.15, 0.2) is 18.2 Å². The van der Waals surface area contributed by atoms with Gasteiger partial charge < -0.3 is 10.6 Å². The van der Waals surface area contributed by atoms with E-state index >= 15 is 0 Å². The Labute approximate surface area is 132 Å². The molecule has 0 saturated carbocycles. The maximum Gasteiger partial charge on any atom is 0.0426 e. The predicted molar refractivity (Wildman–Crippen MR) is 92.2 cm³/mol. The van der Waals surface area contributed by atoms with Crippen molar-refractivity contribution in [1.82, 2.24) is 0 Å². The summed E-state index contributed by atoms with van der Waals surface area (Å²) in [5.74, 6) is 1.18. The average molecular weight is 313 g/mol. The van der Waals surface area contributed by atoms with Crippen LogP contribution in [0.1, 0.15) is 32.8 Å². The second kappa shape index (κ2) is 7.06. The van der Waals surface area contributed by atoms with Crippen molar-refractivity contribution in [2.45, 2.75) is 50.9 Å². The van der Waals surface area contributed by atoms with E-state index in [1.807, 2.05) is 6.07 Å². The minimum Gasteiger partial charge on any atom is -0.367 e. The number of hydrogen-bond donors (Lipinski definition) is 1. The van der Waals surface area contributed by atoms with Crippen LogP contribution >= 0.6 is 23.4 Å². The fourth-order valence-corrected chi connectivity index (χ4v) is 3.94. The summed E-state index contributed by atoms with van der Waals surface area (Å²) < 4.78 is 0. The first-order valence-electron chi connectivity index (χ1n) is 7.45. The highest BCUT2D eigenvalue weighted by Crippen LogP contribution is 2.33. The second-order valence-electron chi connectivity index (χ2n) is 5.66. The molecule has 1 fully saturated rings. The van der Waals surface area contributed by atoms with Crippen molar-refractivity contribution in [2.75, 3.05) is 17.2 Å². The van der Waals surface area contributed by atoms with Crippen LogP contribution in [0, 0.1) is 0 Å². The molecule has 0 radical (unpaired) electrons. The van der Waals surface area contributed by atoms with Crippen LogP contribution in [0.3, 0.4) is 0 Å². The van der Waals surface area contributed by atoms with Gasteiger partial charge in [-0.05, 0) is 37.5 Å². The molecule has 4 heteroatoms. The third kappa shape index (κ3) is 3.63. The number of nitrogens with two attached hydrogens (primary N) is 1. The number of anilines is 1. The largest absolute Gasteiger partial charge is 0.367 e. The molecule has 3 atom stereocenters. The number of rotatable bonds is 4. The molecule has 1 aromatic carbocycles. The zero-order valence-corrected chi connectivity index (χ0v) is 14.2. The quantitative estimate of drug-likeness (QED) is 0.912. The van der Waals surface area contributed by atoms with Gasteiger partial charge in [-0.3, -0.25) is 0 Å². The molecule has 0 spiro atoms. The number of hydrogen-bond acceptors (Lipinski definition) is 3. The van der Waals surface area contributed by atoms with Crippen molar-refractivity contribution in [1.29, 1.82) is 0 Å². The summed E-state index contributed by atoms with van der Waals surface area (Å²) in [6.07, 6.45) is 1.93. The lowest BCUT2D eigenvalue weighted by molar-refractivity contribution is 0.613. The van der Waals surface area contributed by atoms with E-state index < -0.39 is 0 Å². The summed E-state index contributed by atoms with van der Waals surface area (Å²) >= 11 is 8.28. The molecule has 0 aliphatic carbocycles. The maximum absolute atomic E-state index is 6.23. The van der Waals surface area contributed by atoms with Crippen LogP contribution in [-0.4, -0.2) is 29.6 Å². The monoisotopic (exact) mass is 312 g/mol. The summed E-state index contributed by atoms with van der Waals surface area (Å²) in [5, 5.41) is 1.46. The van der Waals surface area contributed by atoms with Gasteiger partial charge in [0.15, 0.2) is 0 Å². The molecule has 1 aliphatic rings. The van der Waals surface area contributed by atoms with Crippen molar-refractivity contribution >= 4 is 29.1 Å². The lowest BCUT2D eigenvalue weighted by atomic mass is 10.0. The van der Waals surface area contributed by atoms with Gasteiger partial charge in [0.1, 0.15) is 0 Å². The molecule has 2 N–H and O–H groups in total. The Morgan fingerprint density at radius 2 is 2.20 bits per heavy atom. The molecule has 2 rings (SSSR count). The fourth-order valence-electron chi connectivity index (χ4n) is 2.68. The molecule has 0 bridgehead atoms. The fraction of sp³-hybridized carbons (Fsp3) is 0.625. The van der Waals surface area contributed by atoms with E-state index in [2.05, 4.69) is 49.6 Å². The highest BCUT2D eigenvalue weighted by Gasteiger charge is 2.27. The Hall–Kier alpha value is -0.380. The lowest BCUT2D eigenvalue weighted by Gasteiger charge is -2.40. The lowest BCUT2D eigenvalue weighted by Crippen LogP contribution is -2.45. The van der Waals surface area contributed by atoms with Crippen molar-refractivity contribution in [2.24, 2.45) is 5.73 Å². The van der Waals surface area contributed by atoms with Crippen LogP contribution in [0.5, 0.6) is 0 Å². The molecule has 0 amide bonds. The summed E-state index contributed by atoms with van der Waals surface area (Å²) in [4.78, 5) is 2.50. The third-order valence-electron chi connectivity index (χ3n) is 4.25. The molecular formula is C16H25ClN2S. The topological polar surface area (TPSA) is 29.3 Å². The Morgan fingerprint density at radius 3 is 2.90 bits per heavy atom. The first-order chi connectivity index (χ1) is 9.52. The van der Waals surface area contributed by atoms with E-state index in [0.717, 1.165) is 24.4 Å². The maximum atomic E-state index is 6.23. The molecule has 20 heavy (non-hydrogen) atoms. The van der Waals surface area contributed by atoms with Crippen molar-refractivity contribution in [3.8, 4) is 0 Å². The minimum absolute atomic E-state index is 0.224. The van der Waals surface area contributed by atoms with Gasteiger partial charge in [0.2, 0.25) is 0 Å². The molecule has 1 heterocycles. The molecule has 1 aromatic rings. The van der Waals surface area contributed by atoms with Crippen LogP contribution in [0.25, 0.3) is 0 Å². The Morgan fingerprint density at radius 1 is 1.45 bits per heavy atom. The Balaban J connectivity index is 2.30. The Kier molecular flexibility index (Phi) is 5.65. The highest BCUT2D eigenvalue weighted by molar-refractivity contribution is 8.00. The number of halogens is 1. The van der Waals surface area contributed by atoms with Gasteiger partial charge in [0.25, 0.3) is 0 Å². The Bertz CT molecular complexity index is 452. The van der Waals surface area contributed by atoms with Gasteiger partial charge in [0.05, 0.1) is 0 Å². The third-order valence-corrected chi connectivity index (χ3v) is 5.82. The van der Waals surface area contributed by atoms with Gasteiger partial charge in [-0.1, -0.05) is 31.5 Å². The summed E-state index contributed by atoms with van der Waals surface area (Å²) in [7, 11) is 0. The van der Waals surface area contributed by atoms with Crippen molar-refractivity contribution < 1.29 is 0 Å². The van der Waals surface area contributed by atoms with E-state index in [0.29, 0.717) is 11.3 Å². The van der Waals surface area contributed by atoms with E-state index in [1.165, 1.54) is 17.0 Å². The van der Waals surface area contributed by atoms with Gasteiger partial charge in [-0.25, -0.2) is 0 Å². The molecule has 112 valence electrons. The normalized spacial score (nSPS) is 24.8. The van der Waals surface area contributed by atoms with E-state index in [1.54, 1.807) is 0 Å². The smallest absolute Gasteiger partial charge is 0.0426 e. The molecule has 2 nitrogen and oxygen atoms in total. The van der Waals surface area contributed by atoms with Crippen molar-refractivity contribution in [3.05, 3.63) is 28.8 Å². The zero-order valence-electron chi connectivity index (χ0n) is 12.6. The first kappa shape index (κ1) is 16.0. The van der Waals surface area contributed by atoms with Gasteiger partial charge >= 0.3 is 0 Å². The van der Waals surface area contributed by atoms with E-state index in [9.17, 15) is 0 Å². The summed E-state index contributed by atoms with van der Waals surface area (Å²) in [5.41, 5.74) is 8.75. The zero-order chi connectivity index (χ0) is 14.7. The van der Waals surface area contributed by atoms with Crippen LogP contribution < -0.4 is 10.6 Å². The number of benzene rings is 1. The predicted octanol–water partition coefficient (Wildman–Crippen LogP) is 3.95. The summed E-state index contributed by atoms with van der Waals surface area (Å²) in [6, 6.07) is 6.99. The first-order valence-corrected chi connectivity index (χ1v) is 8.87. The molecule has 3 unspecified atom stereocenters. The molecule has 0 aromatic heterocycles. The number of thioether (sulfide) groups is 1. The van der Waals surface area contributed by atoms with Gasteiger partial charge in [0, 0.05) is 40.3 Å². The van der Waals surface area contributed by atoms with Crippen LogP contribution in [-0.2, 0) is 6.42 Å². The van der Waals surface area contributed by atoms with Gasteiger partial charge in [-0.2, -0.15) is 11.8 Å². The highest BCUT2D eigenvalue weighted by atomic mass is 35.5.